The van der Waals surface area contributed by atoms with Crippen LogP contribution in [0.4, 0.5) is 26.3 Å². The molecule has 0 aliphatic carbocycles. The van der Waals surface area contributed by atoms with Gasteiger partial charge in [-0.15, -0.1) is 13.2 Å². The number of carbonyl (C=O) groups excluding carboxylic acids is 1. The number of halogens is 6. The smallest absolute Gasteiger partial charge is 0.482 e. The van der Waals surface area contributed by atoms with Crippen LogP contribution in [-0.4, -0.2) is 30.0 Å². The van der Waals surface area contributed by atoms with Crippen LogP contribution in [0.15, 0.2) is 36.4 Å². The minimum atomic E-state index is -4.92. The molecular formula is C18H16F6N2O3. The van der Waals surface area contributed by atoms with E-state index in [9.17, 15) is 31.1 Å². The maximum atomic E-state index is 12.4. The van der Waals surface area contributed by atoms with Crippen LogP contribution in [0.1, 0.15) is 34.7 Å². The van der Waals surface area contributed by atoms with E-state index in [4.69, 9.17) is 4.74 Å². The summed E-state index contributed by atoms with van der Waals surface area (Å²) in [4.78, 5) is 16.5. The first-order valence-corrected chi connectivity index (χ1v) is 8.18. The van der Waals surface area contributed by atoms with Crippen molar-refractivity contribution < 1.29 is 40.6 Å². The van der Waals surface area contributed by atoms with Gasteiger partial charge in [-0.3, -0.25) is 9.78 Å². The molecule has 0 bridgehead atoms. The van der Waals surface area contributed by atoms with Gasteiger partial charge in [-0.25, -0.2) is 0 Å². The van der Waals surface area contributed by atoms with E-state index >= 15 is 0 Å². The fraction of sp³-hybridized carbons (Fsp3) is 0.333. The standard InChI is InChI=1S/C18H16F6N2O3/c1-10-6-7-14(28-9-17(19,20)21)15(25-10)11(2)26-16(27)12-4-3-5-13(8-12)29-18(22,23)24/h3-8,11H,9H2,1-2H3,(H,26,27). The second-order valence-electron chi connectivity index (χ2n) is 6.01. The SMILES string of the molecule is Cc1ccc(OCC(F)(F)F)c(C(C)NC(=O)c2cccc(OC(F)(F)F)c2)n1. The predicted molar refractivity (Wildman–Crippen MR) is 89.5 cm³/mol. The molecule has 1 N–H and O–H groups in total. The van der Waals surface area contributed by atoms with Crippen molar-refractivity contribution in [1.82, 2.24) is 10.3 Å². The molecule has 0 radical (unpaired) electrons. The molecule has 0 aliphatic heterocycles. The van der Waals surface area contributed by atoms with Crippen molar-refractivity contribution in [3.05, 3.63) is 53.3 Å². The normalized spacial score (nSPS) is 13.0. The quantitative estimate of drug-likeness (QED) is 0.685. The zero-order valence-corrected chi connectivity index (χ0v) is 15.2. The predicted octanol–water partition coefficient (Wildman–Crippen LogP) is 4.72. The first-order chi connectivity index (χ1) is 13.3. The minimum Gasteiger partial charge on any atom is -0.482 e. The van der Waals surface area contributed by atoms with Gasteiger partial charge in [0.05, 0.1) is 6.04 Å². The lowest BCUT2D eigenvalue weighted by Crippen LogP contribution is -2.28. The molecule has 0 saturated heterocycles. The van der Waals surface area contributed by atoms with Gasteiger partial charge in [0, 0.05) is 11.3 Å². The van der Waals surface area contributed by atoms with Gasteiger partial charge in [0.1, 0.15) is 17.2 Å². The summed E-state index contributed by atoms with van der Waals surface area (Å²) in [6, 6.07) is 6.22. The van der Waals surface area contributed by atoms with Crippen molar-refractivity contribution >= 4 is 5.91 Å². The first kappa shape index (κ1) is 22.3. The summed E-state index contributed by atoms with van der Waals surface area (Å²) in [5.74, 6) is -1.52. The third-order valence-corrected chi connectivity index (χ3v) is 3.50. The minimum absolute atomic E-state index is 0.0466. The van der Waals surface area contributed by atoms with E-state index in [-0.39, 0.29) is 17.0 Å². The number of amides is 1. The summed E-state index contributed by atoms with van der Waals surface area (Å²) in [7, 11) is 0. The van der Waals surface area contributed by atoms with E-state index < -0.39 is 36.8 Å². The number of carbonyl (C=O) groups is 1. The molecule has 5 nitrogen and oxygen atoms in total. The summed E-state index contributed by atoms with van der Waals surface area (Å²) >= 11 is 0. The summed E-state index contributed by atoms with van der Waals surface area (Å²) in [6.07, 6.45) is -9.48. The second kappa shape index (κ2) is 8.58. The summed E-state index contributed by atoms with van der Waals surface area (Å²) < 4.78 is 82.8. The number of pyridine rings is 1. The molecule has 158 valence electrons. The lowest BCUT2D eigenvalue weighted by atomic mass is 10.1. The molecule has 1 heterocycles. The van der Waals surface area contributed by atoms with Gasteiger partial charge in [0.2, 0.25) is 0 Å². The average Bonchev–Trinajstić information content (AvgIpc) is 2.58. The van der Waals surface area contributed by atoms with Crippen LogP contribution < -0.4 is 14.8 Å². The van der Waals surface area contributed by atoms with Crippen molar-refractivity contribution in [3.8, 4) is 11.5 Å². The number of benzene rings is 1. The molecule has 0 spiro atoms. The van der Waals surface area contributed by atoms with Gasteiger partial charge < -0.3 is 14.8 Å². The van der Waals surface area contributed by atoms with Crippen LogP contribution >= 0.6 is 0 Å². The van der Waals surface area contributed by atoms with Gasteiger partial charge >= 0.3 is 12.5 Å². The van der Waals surface area contributed by atoms with E-state index in [0.29, 0.717) is 5.69 Å². The van der Waals surface area contributed by atoms with Crippen molar-refractivity contribution in [2.45, 2.75) is 32.4 Å². The Balaban J connectivity index is 2.17. The summed E-state index contributed by atoms with van der Waals surface area (Å²) in [5.41, 5.74) is 0.385. The van der Waals surface area contributed by atoms with Crippen molar-refractivity contribution in [1.29, 1.82) is 0 Å². The van der Waals surface area contributed by atoms with E-state index in [1.807, 2.05) is 0 Å². The largest absolute Gasteiger partial charge is 0.573 e. The van der Waals surface area contributed by atoms with Crippen molar-refractivity contribution in [2.75, 3.05) is 6.61 Å². The second-order valence-corrected chi connectivity index (χ2v) is 6.01. The topological polar surface area (TPSA) is 60.5 Å². The van der Waals surface area contributed by atoms with Crippen LogP contribution in [0, 0.1) is 6.92 Å². The number of rotatable bonds is 6. The molecule has 0 aliphatic rings. The number of aryl methyl sites for hydroxylation is 1. The molecule has 29 heavy (non-hydrogen) atoms. The Bertz CT molecular complexity index is 867. The first-order valence-electron chi connectivity index (χ1n) is 8.18. The van der Waals surface area contributed by atoms with Crippen molar-refractivity contribution in [2.24, 2.45) is 0 Å². The number of alkyl halides is 6. The lowest BCUT2D eigenvalue weighted by Gasteiger charge is -2.19. The Hall–Kier alpha value is -2.98. The third-order valence-electron chi connectivity index (χ3n) is 3.50. The molecule has 1 unspecified atom stereocenters. The summed E-state index contributed by atoms with van der Waals surface area (Å²) in [5, 5.41) is 2.47. The van der Waals surface area contributed by atoms with Gasteiger partial charge in [0.25, 0.3) is 5.91 Å². The van der Waals surface area contributed by atoms with E-state index in [1.165, 1.54) is 31.2 Å². The average molecular weight is 422 g/mol. The zero-order chi connectivity index (χ0) is 21.8. The maximum absolute atomic E-state index is 12.4. The molecule has 1 aromatic carbocycles. The highest BCUT2D eigenvalue weighted by Crippen LogP contribution is 2.27. The molecule has 11 heteroatoms. The van der Waals surface area contributed by atoms with Gasteiger partial charge in [-0.2, -0.15) is 13.2 Å². The van der Waals surface area contributed by atoms with E-state index in [0.717, 1.165) is 12.1 Å². The Labute approximate surface area is 161 Å². The maximum Gasteiger partial charge on any atom is 0.573 e. The molecule has 1 atom stereocenters. The highest BCUT2D eigenvalue weighted by Gasteiger charge is 2.31. The zero-order valence-electron chi connectivity index (χ0n) is 15.2. The van der Waals surface area contributed by atoms with Crippen LogP contribution in [0.3, 0.4) is 0 Å². The number of hydrogen-bond donors (Lipinski definition) is 1. The highest BCUT2D eigenvalue weighted by molar-refractivity contribution is 5.94. The van der Waals surface area contributed by atoms with Crippen LogP contribution in [0.5, 0.6) is 11.5 Å². The van der Waals surface area contributed by atoms with E-state index in [1.54, 1.807) is 6.92 Å². The molecule has 1 aromatic heterocycles. The Morgan fingerprint density at radius 3 is 2.45 bits per heavy atom. The van der Waals surface area contributed by atoms with Crippen molar-refractivity contribution in [3.63, 3.8) is 0 Å². The number of ether oxygens (including phenoxy) is 2. The molecule has 0 saturated carbocycles. The third kappa shape index (κ3) is 7.16. The monoisotopic (exact) mass is 422 g/mol. The van der Waals surface area contributed by atoms with Crippen LogP contribution in [-0.2, 0) is 0 Å². The Morgan fingerprint density at radius 2 is 1.83 bits per heavy atom. The fourth-order valence-electron chi connectivity index (χ4n) is 2.34. The van der Waals surface area contributed by atoms with Crippen LogP contribution in [0.2, 0.25) is 0 Å². The van der Waals surface area contributed by atoms with Gasteiger partial charge in [0.15, 0.2) is 6.61 Å². The molecule has 1 amide bonds. The molecule has 2 aromatic rings. The number of aromatic nitrogens is 1. The number of nitrogens with one attached hydrogen (secondary N) is 1. The molecule has 0 fully saturated rings. The van der Waals surface area contributed by atoms with E-state index in [2.05, 4.69) is 15.0 Å². The molecule has 2 rings (SSSR count). The fourth-order valence-corrected chi connectivity index (χ4v) is 2.34. The lowest BCUT2D eigenvalue weighted by molar-refractivity contribution is -0.274. The Kier molecular flexibility index (Phi) is 6.60. The Morgan fingerprint density at radius 1 is 1.14 bits per heavy atom. The number of hydrogen-bond acceptors (Lipinski definition) is 4. The van der Waals surface area contributed by atoms with Crippen LogP contribution in [0.25, 0.3) is 0 Å². The molecular weight excluding hydrogens is 406 g/mol. The number of nitrogens with zero attached hydrogens (tertiary/aromatic N) is 1. The highest BCUT2D eigenvalue weighted by atomic mass is 19.4. The van der Waals surface area contributed by atoms with Gasteiger partial charge in [-0.05, 0) is 44.2 Å². The summed E-state index contributed by atoms with van der Waals surface area (Å²) in [6.45, 7) is 1.52. The van der Waals surface area contributed by atoms with Gasteiger partial charge in [-0.1, -0.05) is 6.07 Å².